The number of nitrogens with zero attached hydrogens (tertiary/aromatic N) is 1. The van der Waals surface area contributed by atoms with Gasteiger partial charge >= 0.3 is 0 Å². The van der Waals surface area contributed by atoms with Gasteiger partial charge in [-0.1, -0.05) is 60.1 Å². The molecule has 0 heterocycles. The summed E-state index contributed by atoms with van der Waals surface area (Å²) >= 11 is 6.20. The lowest BCUT2D eigenvalue weighted by atomic mass is 10.1. The third-order valence-corrected chi connectivity index (χ3v) is 5.84. The number of nitrogens with one attached hydrogen (secondary N) is 1. The van der Waals surface area contributed by atoms with Gasteiger partial charge in [-0.25, -0.2) is 8.42 Å². The van der Waals surface area contributed by atoms with Gasteiger partial charge < -0.3 is 4.90 Å². The fourth-order valence-corrected chi connectivity index (χ4v) is 3.97. The highest BCUT2D eigenvalue weighted by atomic mass is 35.5. The first kappa shape index (κ1) is 19.9. The predicted molar refractivity (Wildman–Crippen MR) is 111 cm³/mol. The van der Waals surface area contributed by atoms with E-state index in [-0.39, 0.29) is 27.1 Å². The lowest BCUT2D eigenvalue weighted by molar-refractivity contribution is 0.0785. The van der Waals surface area contributed by atoms with Gasteiger partial charge in [0.25, 0.3) is 15.9 Å². The van der Waals surface area contributed by atoms with Crippen LogP contribution in [0.1, 0.15) is 15.9 Å². The van der Waals surface area contributed by atoms with E-state index in [1.807, 2.05) is 30.3 Å². The minimum atomic E-state index is -3.76. The zero-order valence-corrected chi connectivity index (χ0v) is 16.7. The molecule has 3 rings (SSSR count). The Kier molecular flexibility index (Phi) is 6.02. The monoisotopic (exact) mass is 414 g/mol. The summed E-state index contributed by atoms with van der Waals surface area (Å²) in [5.41, 5.74) is 1.48. The van der Waals surface area contributed by atoms with Crippen LogP contribution in [0.4, 0.5) is 5.69 Å². The molecule has 0 aliphatic carbocycles. The standard InChI is InChI=1S/C21H19ClN2O3S/c1-24(15-16-8-4-2-5-9-16)21(25)19-14-17(12-13-20(19)22)23-28(26,27)18-10-6-3-7-11-18/h2-14,23H,15H2,1H3. The van der Waals surface area contributed by atoms with Crippen molar-refractivity contribution in [3.05, 3.63) is 95.0 Å². The first-order valence-corrected chi connectivity index (χ1v) is 10.4. The molecule has 0 fully saturated rings. The maximum absolute atomic E-state index is 12.8. The number of anilines is 1. The topological polar surface area (TPSA) is 66.5 Å². The summed E-state index contributed by atoms with van der Waals surface area (Å²) in [6.45, 7) is 0.413. The van der Waals surface area contributed by atoms with Crippen molar-refractivity contribution < 1.29 is 13.2 Å². The first-order chi connectivity index (χ1) is 13.4. The minimum absolute atomic E-state index is 0.138. The van der Waals surface area contributed by atoms with Crippen molar-refractivity contribution in [2.45, 2.75) is 11.4 Å². The van der Waals surface area contributed by atoms with Crippen LogP contribution in [0.5, 0.6) is 0 Å². The second kappa shape index (κ2) is 8.46. The van der Waals surface area contributed by atoms with E-state index in [9.17, 15) is 13.2 Å². The molecule has 7 heteroatoms. The Morgan fingerprint density at radius 3 is 2.21 bits per heavy atom. The molecule has 0 aliphatic heterocycles. The zero-order valence-electron chi connectivity index (χ0n) is 15.2. The molecule has 0 unspecified atom stereocenters. The molecular weight excluding hydrogens is 396 g/mol. The van der Waals surface area contributed by atoms with Gasteiger partial charge in [0.2, 0.25) is 0 Å². The normalized spacial score (nSPS) is 11.1. The number of hydrogen-bond acceptors (Lipinski definition) is 3. The summed E-state index contributed by atoms with van der Waals surface area (Å²) in [5, 5.41) is 0.257. The fourth-order valence-electron chi connectivity index (χ4n) is 2.70. The Morgan fingerprint density at radius 2 is 1.57 bits per heavy atom. The summed E-state index contributed by atoms with van der Waals surface area (Å²) in [5.74, 6) is -0.297. The number of benzene rings is 3. The van der Waals surface area contributed by atoms with Crippen LogP contribution in [-0.4, -0.2) is 26.3 Å². The van der Waals surface area contributed by atoms with Gasteiger partial charge in [-0.2, -0.15) is 0 Å². The Balaban J connectivity index is 1.82. The van der Waals surface area contributed by atoms with Gasteiger partial charge in [-0.3, -0.25) is 9.52 Å². The average molecular weight is 415 g/mol. The number of rotatable bonds is 6. The highest BCUT2D eigenvalue weighted by Crippen LogP contribution is 2.24. The van der Waals surface area contributed by atoms with Gasteiger partial charge in [-0.05, 0) is 35.9 Å². The van der Waals surface area contributed by atoms with Gasteiger partial charge in [0.1, 0.15) is 0 Å². The number of amides is 1. The molecule has 0 spiro atoms. The van der Waals surface area contributed by atoms with Crippen LogP contribution < -0.4 is 4.72 Å². The quantitative estimate of drug-likeness (QED) is 0.649. The van der Waals surface area contributed by atoms with E-state index >= 15 is 0 Å². The first-order valence-electron chi connectivity index (χ1n) is 8.53. The SMILES string of the molecule is CN(Cc1ccccc1)C(=O)c1cc(NS(=O)(=O)c2ccccc2)ccc1Cl. The molecule has 3 aromatic rings. The van der Waals surface area contributed by atoms with Crippen LogP contribution in [0.25, 0.3) is 0 Å². The third kappa shape index (κ3) is 4.71. The molecule has 1 N–H and O–H groups in total. The van der Waals surface area contributed by atoms with Gasteiger partial charge in [-0.15, -0.1) is 0 Å². The van der Waals surface area contributed by atoms with E-state index in [4.69, 9.17) is 11.6 Å². The molecule has 0 bridgehead atoms. The smallest absolute Gasteiger partial charge is 0.261 e. The lowest BCUT2D eigenvalue weighted by Gasteiger charge is -2.19. The van der Waals surface area contributed by atoms with Gasteiger partial charge in [0.05, 0.1) is 15.5 Å². The van der Waals surface area contributed by atoms with Crippen LogP contribution in [0.2, 0.25) is 5.02 Å². The number of halogens is 1. The fraction of sp³-hybridized carbons (Fsp3) is 0.0952. The molecule has 0 radical (unpaired) electrons. The molecule has 28 heavy (non-hydrogen) atoms. The molecule has 0 aliphatic rings. The summed E-state index contributed by atoms with van der Waals surface area (Å²) in [6.07, 6.45) is 0. The van der Waals surface area contributed by atoms with Crippen LogP contribution in [0, 0.1) is 0 Å². The predicted octanol–water partition coefficient (Wildman–Crippen LogP) is 4.41. The Labute approximate surface area is 169 Å². The minimum Gasteiger partial charge on any atom is -0.337 e. The molecule has 1 amide bonds. The van der Waals surface area contributed by atoms with E-state index < -0.39 is 10.0 Å². The summed E-state index contributed by atoms with van der Waals surface area (Å²) in [6, 6.07) is 22.1. The van der Waals surface area contributed by atoms with E-state index in [0.717, 1.165) is 5.56 Å². The van der Waals surface area contributed by atoms with Crippen LogP contribution >= 0.6 is 11.6 Å². The second-order valence-corrected chi connectivity index (χ2v) is 8.35. The summed E-state index contributed by atoms with van der Waals surface area (Å²) in [4.78, 5) is 14.5. The van der Waals surface area contributed by atoms with Crippen molar-refractivity contribution in [1.82, 2.24) is 4.90 Å². The molecular formula is C21H19ClN2O3S. The van der Waals surface area contributed by atoms with Crippen LogP contribution in [0.15, 0.2) is 83.8 Å². The number of hydrogen-bond donors (Lipinski definition) is 1. The van der Waals surface area contributed by atoms with Gasteiger partial charge in [0.15, 0.2) is 0 Å². The summed E-state index contributed by atoms with van der Waals surface area (Å²) < 4.78 is 27.5. The van der Waals surface area contributed by atoms with Crippen molar-refractivity contribution in [1.29, 1.82) is 0 Å². The van der Waals surface area contributed by atoms with E-state index in [1.165, 1.54) is 35.2 Å². The van der Waals surface area contributed by atoms with Crippen molar-refractivity contribution >= 4 is 33.2 Å². The van der Waals surface area contributed by atoms with Crippen LogP contribution in [-0.2, 0) is 16.6 Å². The second-order valence-electron chi connectivity index (χ2n) is 6.26. The largest absolute Gasteiger partial charge is 0.337 e. The van der Waals surface area contributed by atoms with E-state index in [1.54, 1.807) is 25.2 Å². The maximum Gasteiger partial charge on any atom is 0.261 e. The summed E-state index contributed by atoms with van der Waals surface area (Å²) in [7, 11) is -2.08. The molecule has 5 nitrogen and oxygen atoms in total. The van der Waals surface area contributed by atoms with Crippen molar-refractivity contribution in [3.63, 3.8) is 0 Å². The van der Waals surface area contributed by atoms with Crippen LogP contribution in [0.3, 0.4) is 0 Å². The van der Waals surface area contributed by atoms with E-state index in [2.05, 4.69) is 4.72 Å². The molecule has 0 aromatic heterocycles. The zero-order chi connectivity index (χ0) is 20.1. The highest BCUT2D eigenvalue weighted by Gasteiger charge is 2.19. The molecule has 0 saturated carbocycles. The molecule has 144 valence electrons. The molecule has 0 atom stereocenters. The Hall–Kier alpha value is -2.83. The number of sulfonamides is 1. The Morgan fingerprint density at radius 1 is 0.964 bits per heavy atom. The third-order valence-electron chi connectivity index (χ3n) is 4.11. The maximum atomic E-state index is 12.8. The molecule has 0 saturated heterocycles. The van der Waals surface area contributed by atoms with Crippen molar-refractivity contribution in [2.24, 2.45) is 0 Å². The lowest BCUT2D eigenvalue weighted by Crippen LogP contribution is -2.26. The van der Waals surface area contributed by atoms with Crippen molar-refractivity contribution in [2.75, 3.05) is 11.8 Å². The molecule has 3 aromatic carbocycles. The Bertz CT molecular complexity index is 1070. The average Bonchev–Trinajstić information content (AvgIpc) is 2.70. The van der Waals surface area contributed by atoms with Gasteiger partial charge in [0, 0.05) is 19.3 Å². The van der Waals surface area contributed by atoms with Crippen molar-refractivity contribution in [3.8, 4) is 0 Å². The van der Waals surface area contributed by atoms with E-state index in [0.29, 0.717) is 6.54 Å². The highest BCUT2D eigenvalue weighted by molar-refractivity contribution is 7.92. The number of carbonyl (C=O) groups excluding carboxylic acids is 1. The number of carbonyl (C=O) groups is 1.